The zero-order chi connectivity index (χ0) is 45.1. The smallest absolute Gasteiger partial charge is 0.306 e. The van der Waals surface area contributed by atoms with Crippen molar-refractivity contribution in [3.05, 3.63) is 60.8 Å². The van der Waals surface area contributed by atoms with E-state index in [4.69, 9.17) is 14.2 Å². The number of carbonyl (C=O) groups is 3. The summed E-state index contributed by atoms with van der Waals surface area (Å²) >= 11 is 0. The molecule has 6 nitrogen and oxygen atoms in total. The van der Waals surface area contributed by atoms with E-state index in [1.165, 1.54) is 128 Å². The van der Waals surface area contributed by atoms with Crippen LogP contribution in [0.5, 0.6) is 0 Å². The third-order valence-corrected chi connectivity index (χ3v) is 11.3. The number of allylic oxidation sites excluding steroid dienone is 10. The van der Waals surface area contributed by atoms with Gasteiger partial charge in [0.25, 0.3) is 0 Å². The molecule has 0 fully saturated rings. The maximum absolute atomic E-state index is 12.8. The summed E-state index contributed by atoms with van der Waals surface area (Å²) in [7, 11) is 0. The molecule has 0 spiro atoms. The van der Waals surface area contributed by atoms with Gasteiger partial charge < -0.3 is 14.2 Å². The molecular weight excluding hydrogens is 769 g/mol. The summed E-state index contributed by atoms with van der Waals surface area (Å²) in [6, 6.07) is 0. The molecule has 0 rings (SSSR count). The molecule has 358 valence electrons. The van der Waals surface area contributed by atoms with Gasteiger partial charge in [-0.1, -0.05) is 223 Å². The number of rotatable bonds is 47. The summed E-state index contributed by atoms with van der Waals surface area (Å²) < 4.78 is 16.7. The number of esters is 3. The van der Waals surface area contributed by atoms with Crippen LogP contribution < -0.4 is 0 Å². The van der Waals surface area contributed by atoms with Crippen molar-refractivity contribution >= 4 is 17.9 Å². The lowest BCUT2D eigenvalue weighted by Crippen LogP contribution is -2.30. The minimum Gasteiger partial charge on any atom is -0.462 e. The quantitative estimate of drug-likeness (QED) is 0.0262. The predicted octanol–water partition coefficient (Wildman–Crippen LogP) is 17.3. The SMILES string of the molecule is CC/C=C\C/C=C\C/C=C\C/C=C\CCCCCC(=O)OC(COC(=O)CCC/C=C\CCCCCC)COC(=O)CCCCCCCCCCCCCCCCCCCCC. The van der Waals surface area contributed by atoms with Crippen LogP contribution in [0.15, 0.2) is 60.8 Å². The topological polar surface area (TPSA) is 78.9 Å². The second-order valence-electron chi connectivity index (χ2n) is 17.4. The highest BCUT2D eigenvalue weighted by atomic mass is 16.6. The second kappa shape index (κ2) is 50.8. The molecule has 0 N–H and O–H groups in total. The fourth-order valence-corrected chi connectivity index (χ4v) is 7.32. The summed E-state index contributed by atoms with van der Waals surface area (Å²) in [5, 5.41) is 0. The normalized spacial score (nSPS) is 12.5. The Morgan fingerprint density at radius 3 is 1.08 bits per heavy atom. The van der Waals surface area contributed by atoms with E-state index in [-0.39, 0.29) is 37.5 Å². The maximum Gasteiger partial charge on any atom is 0.306 e. The number of hydrogen-bond donors (Lipinski definition) is 0. The van der Waals surface area contributed by atoms with Gasteiger partial charge in [-0.25, -0.2) is 0 Å². The first-order chi connectivity index (χ1) is 30.5. The van der Waals surface area contributed by atoms with E-state index >= 15 is 0 Å². The summed E-state index contributed by atoms with van der Waals surface area (Å²) in [6.07, 6.45) is 62.2. The van der Waals surface area contributed by atoms with Crippen LogP contribution >= 0.6 is 0 Å². The summed E-state index contributed by atoms with van der Waals surface area (Å²) in [6.45, 7) is 6.45. The third-order valence-electron chi connectivity index (χ3n) is 11.3. The van der Waals surface area contributed by atoms with E-state index in [2.05, 4.69) is 81.5 Å². The highest BCUT2D eigenvalue weighted by Crippen LogP contribution is 2.16. The van der Waals surface area contributed by atoms with Gasteiger partial charge in [-0.2, -0.15) is 0 Å². The van der Waals surface area contributed by atoms with Gasteiger partial charge in [0.1, 0.15) is 13.2 Å². The molecule has 0 heterocycles. The van der Waals surface area contributed by atoms with E-state index in [9.17, 15) is 14.4 Å². The first-order valence-corrected chi connectivity index (χ1v) is 26.3. The molecule has 0 aliphatic heterocycles. The first kappa shape index (κ1) is 59.1. The van der Waals surface area contributed by atoms with Crippen molar-refractivity contribution in [3.63, 3.8) is 0 Å². The standard InChI is InChI=1S/C56H98O6/c1-4-7-10-13-16-19-21-23-25-27-28-29-31-32-34-37-40-43-46-49-55(58)61-52-53(51-60-54(57)48-45-42-39-36-18-15-12-9-6-3)62-56(59)50-47-44-41-38-35-33-30-26-24-22-20-17-14-11-8-5-2/h8,11,17,20,24,26,33,35-36,39,53H,4-7,9-10,12-16,18-19,21-23,25,27-32,34,37-38,40-52H2,1-3H3/b11-8-,20-17-,26-24-,35-33-,39-36-. The molecule has 0 saturated carbocycles. The molecule has 0 bridgehead atoms. The predicted molar refractivity (Wildman–Crippen MR) is 265 cm³/mol. The van der Waals surface area contributed by atoms with Crippen molar-refractivity contribution in [2.24, 2.45) is 0 Å². The molecule has 0 aliphatic carbocycles. The van der Waals surface area contributed by atoms with Crippen LogP contribution in [-0.4, -0.2) is 37.2 Å². The molecule has 1 atom stereocenters. The summed E-state index contributed by atoms with van der Waals surface area (Å²) in [4.78, 5) is 37.9. The molecule has 0 amide bonds. The number of unbranched alkanes of at least 4 members (excludes halogenated alkanes) is 26. The maximum atomic E-state index is 12.8. The Kier molecular flexibility index (Phi) is 48.4. The molecule has 0 saturated heterocycles. The van der Waals surface area contributed by atoms with Crippen LogP contribution in [0.3, 0.4) is 0 Å². The summed E-state index contributed by atoms with van der Waals surface area (Å²) in [5.41, 5.74) is 0. The van der Waals surface area contributed by atoms with E-state index in [0.29, 0.717) is 19.3 Å². The molecule has 0 aromatic heterocycles. The van der Waals surface area contributed by atoms with Gasteiger partial charge in [0, 0.05) is 19.3 Å². The Hall–Kier alpha value is -2.89. The van der Waals surface area contributed by atoms with Crippen molar-refractivity contribution in [2.45, 2.75) is 264 Å². The van der Waals surface area contributed by atoms with Crippen molar-refractivity contribution in [2.75, 3.05) is 13.2 Å². The molecule has 0 radical (unpaired) electrons. The zero-order valence-electron chi connectivity index (χ0n) is 40.9. The van der Waals surface area contributed by atoms with E-state index in [1.807, 2.05) is 0 Å². The molecule has 6 heteroatoms. The lowest BCUT2D eigenvalue weighted by atomic mass is 10.0. The van der Waals surface area contributed by atoms with Crippen LogP contribution in [0.25, 0.3) is 0 Å². The van der Waals surface area contributed by atoms with Crippen LogP contribution in [0, 0.1) is 0 Å². The fourth-order valence-electron chi connectivity index (χ4n) is 7.32. The first-order valence-electron chi connectivity index (χ1n) is 26.3. The van der Waals surface area contributed by atoms with E-state index in [1.54, 1.807) is 0 Å². The van der Waals surface area contributed by atoms with Gasteiger partial charge in [0.05, 0.1) is 0 Å². The Bertz CT molecular complexity index is 1130. The van der Waals surface area contributed by atoms with Gasteiger partial charge in [-0.15, -0.1) is 0 Å². The van der Waals surface area contributed by atoms with Crippen LogP contribution in [0.4, 0.5) is 0 Å². The van der Waals surface area contributed by atoms with E-state index in [0.717, 1.165) is 83.5 Å². The van der Waals surface area contributed by atoms with E-state index < -0.39 is 6.10 Å². The number of hydrogen-bond acceptors (Lipinski definition) is 6. The van der Waals surface area contributed by atoms with Gasteiger partial charge in [-0.05, 0) is 77.0 Å². The van der Waals surface area contributed by atoms with Crippen molar-refractivity contribution in [1.29, 1.82) is 0 Å². The average molecular weight is 867 g/mol. The Morgan fingerprint density at radius 2 is 0.645 bits per heavy atom. The van der Waals surface area contributed by atoms with Gasteiger partial charge in [-0.3, -0.25) is 14.4 Å². The Balaban J connectivity index is 4.34. The lowest BCUT2D eigenvalue weighted by molar-refractivity contribution is -0.167. The molecule has 62 heavy (non-hydrogen) atoms. The molecule has 0 aromatic carbocycles. The van der Waals surface area contributed by atoms with Gasteiger partial charge >= 0.3 is 17.9 Å². The average Bonchev–Trinajstić information content (AvgIpc) is 3.27. The Labute approximate surface area is 383 Å². The summed E-state index contributed by atoms with van der Waals surface area (Å²) in [5.74, 6) is -0.957. The minimum absolute atomic E-state index is 0.0937. The van der Waals surface area contributed by atoms with Gasteiger partial charge in [0.2, 0.25) is 0 Å². The van der Waals surface area contributed by atoms with Crippen LogP contribution in [-0.2, 0) is 28.6 Å². The van der Waals surface area contributed by atoms with Crippen molar-refractivity contribution in [1.82, 2.24) is 0 Å². The molecular formula is C56H98O6. The number of ether oxygens (including phenoxy) is 3. The third kappa shape index (κ3) is 48.1. The number of carbonyl (C=O) groups excluding carboxylic acids is 3. The molecule has 0 aliphatic rings. The zero-order valence-corrected chi connectivity index (χ0v) is 40.9. The Morgan fingerprint density at radius 1 is 0.339 bits per heavy atom. The van der Waals surface area contributed by atoms with Crippen molar-refractivity contribution in [3.8, 4) is 0 Å². The van der Waals surface area contributed by atoms with Gasteiger partial charge in [0.15, 0.2) is 6.10 Å². The highest BCUT2D eigenvalue weighted by molar-refractivity contribution is 5.71. The lowest BCUT2D eigenvalue weighted by Gasteiger charge is -2.18. The fraction of sp³-hybridized carbons (Fsp3) is 0.768. The van der Waals surface area contributed by atoms with Crippen LogP contribution in [0.1, 0.15) is 258 Å². The van der Waals surface area contributed by atoms with Crippen LogP contribution in [0.2, 0.25) is 0 Å². The molecule has 0 aromatic rings. The monoisotopic (exact) mass is 867 g/mol. The largest absolute Gasteiger partial charge is 0.462 e. The highest BCUT2D eigenvalue weighted by Gasteiger charge is 2.19. The van der Waals surface area contributed by atoms with Crippen molar-refractivity contribution < 1.29 is 28.6 Å². The second-order valence-corrected chi connectivity index (χ2v) is 17.4. The minimum atomic E-state index is -0.798. The molecule has 1 unspecified atom stereocenters.